The minimum absolute atomic E-state index is 0.104. The van der Waals surface area contributed by atoms with Gasteiger partial charge in [0.2, 0.25) is 0 Å². The second-order valence-electron chi connectivity index (χ2n) is 7.19. The van der Waals surface area contributed by atoms with Gasteiger partial charge in [0.25, 0.3) is 0 Å². The number of halogens is 1. The van der Waals surface area contributed by atoms with E-state index < -0.39 is 5.54 Å². The Morgan fingerprint density at radius 3 is 2.81 bits per heavy atom. The highest BCUT2D eigenvalue weighted by molar-refractivity contribution is 8.13. The summed E-state index contributed by atoms with van der Waals surface area (Å²) in [6.07, 6.45) is 2.26. The molecule has 1 aromatic heterocycles. The lowest BCUT2D eigenvalue weighted by Gasteiger charge is -2.30. The van der Waals surface area contributed by atoms with Gasteiger partial charge in [-0.15, -0.1) is 0 Å². The van der Waals surface area contributed by atoms with E-state index in [1.54, 1.807) is 31.4 Å². The SMILES string of the molecule is COCC#CCOc1ccc(C(=O)Cc2ccc(F)c([C@]3(C)CCSC(N)=N3)c2)nc1. The molecule has 0 bridgehead atoms. The molecule has 31 heavy (non-hydrogen) atoms. The van der Waals surface area contributed by atoms with Crippen LogP contribution in [0.4, 0.5) is 4.39 Å². The first kappa shape index (κ1) is 22.8. The van der Waals surface area contributed by atoms with Crippen LogP contribution in [0.2, 0.25) is 0 Å². The maximum absolute atomic E-state index is 14.6. The molecule has 2 N–H and O–H groups in total. The van der Waals surface area contributed by atoms with Gasteiger partial charge in [-0.3, -0.25) is 9.79 Å². The van der Waals surface area contributed by atoms with E-state index in [4.69, 9.17) is 15.2 Å². The number of amidine groups is 1. The number of thioether (sulfide) groups is 1. The zero-order valence-electron chi connectivity index (χ0n) is 17.5. The van der Waals surface area contributed by atoms with Crippen LogP contribution in [-0.2, 0) is 16.7 Å². The molecule has 1 aromatic carbocycles. The van der Waals surface area contributed by atoms with Crippen molar-refractivity contribution in [3.8, 4) is 17.6 Å². The monoisotopic (exact) mass is 441 g/mol. The van der Waals surface area contributed by atoms with Crippen molar-refractivity contribution in [1.82, 2.24) is 4.98 Å². The molecule has 2 aromatic rings. The molecule has 2 heterocycles. The first-order valence-corrected chi connectivity index (χ1v) is 10.7. The summed E-state index contributed by atoms with van der Waals surface area (Å²) in [5.74, 6) is 6.36. The van der Waals surface area contributed by atoms with E-state index in [0.717, 1.165) is 5.75 Å². The van der Waals surface area contributed by atoms with Crippen molar-refractivity contribution in [2.24, 2.45) is 10.7 Å². The number of Topliss-reactive ketones (excluding diaryl/α,β-unsaturated/α-hetero) is 1. The second kappa shape index (κ2) is 10.4. The van der Waals surface area contributed by atoms with Crippen molar-refractivity contribution in [2.45, 2.75) is 25.3 Å². The van der Waals surface area contributed by atoms with Crippen LogP contribution in [0.25, 0.3) is 0 Å². The Kier molecular flexibility index (Phi) is 7.66. The highest BCUT2D eigenvalue weighted by Gasteiger charge is 2.32. The van der Waals surface area contributed by atoms with Crippen molar-refractivity contribution >= 4 is 22.7 Å². The first-order valence-electron chi connectivity index (χ1n) is 9.75. The third-order valence-corrected chi connectivity index (χ3v) is 5.64. The highest BCUT2D eigenvalue weighted by atomic mass is 32.2. The van der Waals surface area contributed by atoms with Gasteiger partial charge in [0.15, 0.2) is 11.0 Å². The highest BCUT2D eigenvalue weighted by Crippen LogP contribution is 2.36. The maximum atomic E-state index is 14.6. The first-order chi connectivity index (χ1) is 14.9. The van der Waals surface area contributed by atoms with Gasteiger partial charge in [-0.1, -0.05) is 29.7 Å². The van der Waals surface area contributed by atoms with Crippen molar-refractivity contribution in [3.63, 3.8) is 0 Å². The largest absolute Gasteiger partial charge is 0.479 e. The summed E-state index contributed by atoms with van der Waals surface area (Å²) in [6.45, 7) is 2.42. The molecule has 0 unspecified atom stereocenters. The number of methoxy groups -OCH3 is 1. The average molecular weight is 442 g/mol. The normalized spacial score (nSPS) is 18.0. The van der Waals surface area contributed by atoms with Gasteiger partial charge in [-0.2, -0.15) is 0 Å². The molecule has 1 aliphatic heterocycles. The summed E-state index contributed by atoms with van der Waals surface area (Å²) in [4.78, 5) is 21.3. The smallest absolute Gasteiger partial charge is 0.185 e. The number of ketones is 1. The fraction of sp³-hybridized carbons (Fsp3) is 0.348. The van der Waals surface area contributed by atoms with Crippen LogP contribution in [0.15, 0.2) is 41.5 Å². The Hall–Kier alpha value is -2.89. The Morgan fingerprint density at radius 2 is 2.10 bits per heavy atom. The third kappa shape index (κ3) is 6.06. The lowest BCUT2D eigenvalue weighted by Crippen LogP contribution is -2.29. The van der Waals surface area contributed by atoms with E-state index in [-0.39, 0.29) is 24.6 Å². The number of hydrogen-bond acceptors (Lipinski definition) is 7. The van der Waals surface area contributed by atoms with E-state index in [1.165, 1.54) is 24.0 Å². The molecule has 0 saturated heterocycles. The van der Waals surface area contributed by atoms with Gasteiger partial charge < -0.3 is 15.2 Å². The summed E-state index contributed by atoms with van der Waals surface area (Å²) in [6, 6.07) is 7.98. The minimum Gasteiger partial charge on any atom is -0.479 e. The Bertz CT molecular complexity index is 1030. The number of nitrogens with zero attached hydrogens (tertiary/aromatic N) is 2. The van der Waals surface area contributed by atoms with Gasteiger partial charge in [0.1, 0.15) is 30.5 Å². The van der Waals surface area contributed by atoms with Gasteiger partial charge in [-0.05, 0) is 43.2 Å². The van der Waals surface area contributed by atoms with Gasteiger partial charge in [-0.25, -0.2) is 9.37 Å². The molecule has 0 aliphatic carbocycles. The fourth-order valence-corrected chi connectivity index (χ4v) is 4.15. The number of carbonyl (C=O) groups is 1. The van der Waals surface area contributed by atoms with E-state index in [2.05, 4.69) is 21.8 Å². The molecule has 1 aliphatic rings. The predicted molar refractivity (Wildman–Crippen MR) is 120 cm³/mol. The number of hydrogen-bond donors (Lipinski definition) is 1. The number of nitrogens with two attached hydrogens (primary N) is 1. The van der Waals surface area contributed by atoms with Crippen LogP contribution in [0, 0.1) is 17.7 Å². The number of pyridine rings is 1. The molecule has 0 fully saturated rings. The van der Waals surface area contributed by atoms with Crippen LogP contribution < -0.4 is 10.5 Å². The second-order valence-corrected chi connectivity index (χ2v) is 8.31. The molecule has 0 amide bonds. The number of aromatic nitrogens is 1. The molecule has 6 nitrogen and oxygen atoms in total. The Morgan fingerprint density at radius 1 is 1.29 bits per heavy atom. The maximum Gasteiger partial charge on any atom is 0.185 e. The summed E-state index contributed by atoms with van der Waals surface area (Å²) < 4.78 is 24.8. The zero-order valence-corrected chi connectivity index (χ0v) is 18.3. The summed E-state index contributed by atoms with van der Waals surface area (Å²) in [7, 11) is 1.57. The lowest BCUT2D eigenvalue weighted by molar-refractivity contribution is 0.0988. The summed E-state index contributed by atoms with van der Waals surface area (Å²) >= 11 is 1.46. The molecule has 162 valence electrons. The van der Waals surface area contributed by atoms with Crippen molar-refractivity contribution in [2.75, 3.05) is 26.1 Å². The molecule has 8 heteroatoms. The van der Waals surface area contributed by atoms with Gasteiger partial charge >= 0.3 is 0 Å². The Labute approximate surface area is 185 Å². The van der Waals surface area contributed by atoms with Crippen molar-refractivity contribution in [3.05, 3.63) is 59.2 Å². The van der Waals surface area contributed by atoms with E-state index >= 15 is 0 Å². The Balaban J connectivity index is 1.68. The zero-order chi connectivity index (χ0) is 22.3. The number of rotatable bonds is 7. The summed E-state index contributed by atoms with van der Waals surface area (Å²) in [5, 5.41) is 0.450. The minimum atomic E-state index is -0.734. The van der Waals surface area contributed by atoms with E-state index in [1.807, 2.05) is 6.92 Å². The number of aliphatic imine (C=N–C) groups is 1. The van der Waals surface area contributed by atoms with Crippen LogP contribution in [-0.4, -0.2) is 42.0 Å². The van der Waals surface area contributed by atoms with E-state index in [9.17, 15) is 9.18 Å². The van der Waals surface area contributed by atoms with Crippen LogP contribution in [0.3, 0.4) is 0 Å². The van der Waals surface area contributed by atoms with E-state index in [0.29, 0.717) is 40.8 Å². The molecule has 1 atom stereocenters. The molecular weight excluding hydrogens is 417 g/mol. The molecule has 0 saturated carbocycles. The standard InChI is InChI=1S/C23H24FN3O3S/c1-23(9-12-31-22(25)27-23)18-13-16(5-7-19(18)24)14-21(28)20-8-6-17(15-26-20)30-11-4-3-10-29-2/h5-8,13,15H,9-12,14H2,1-2H3,(H2,25,27)/t23-/m0/s1. The van der Waals surface area contributed by atoms with Crippen LogP contribution in [0.5, 0.6) is 5.75 Å². The number of ether oxygens (including phenoxy) is 2. The van der Waals surface area contributed by atoms with Gasteiger partial charge in [0.05, 0.1) is 11.7 Å². The lowest BCUT2D eigenvalue weighted by atomic mass is 9.87. The third-order valence-electron chi connectivity index (χ3n) is 4.85. The number of carbonyl (C=O) groups excluding carboxylic acids is 1. The van der Waals surface area contributed by atoms with Gasteiger partial charge in [0, 0.05) is 24.8 Å². The molecule has 0 spiro atoms. The molecule has 0 radical (unpaired) electrons. The topological polar surface area (TPSA) is 86.8 Å². The molecule has 3 rings (SSSR count). The summed E-state index contributed by atoms with van der Waals surface area (Å²) in [5.41, 5.74) is 6.59. The predicted octanol–water partition coefficient (Wildman–Crippen LogP) is 3.34. The quantitative estimate of drug-likeness (QED) is 0.524. The van der Waals surface area contributed by atoms with Crippen LogP contribution >= 0.6 is 11.8 Å². The number of benzene rings is 1. The fourth-order valence-electron chi connectivity index (χ4n) is 3.18. The van der Waals surface area contributed by atoms with Crippen molar-refractivity contribution in [1.29, 1.82) is 0 Å². The van der Waals surface area contributed by atoms with Crippen LogP contribution in [0.1, 0.15) is 35.0 Å². The average Bonchev–Trinajstić information content (AvgIpc) is 2.75. The molecular formula is C23H24FN3O3S. The van der Waals surface area contributed by atoms with Crippen molar-refractivity contribution < 1.29 is 18.7 Å².